The Morgan fingerprint density at radius 1 is 1.16 bits per heavy atom. The molecule has 202 valence electrons. The molecule has 0 radical (unpaired) electrons. The summed E-state index contributed by atoms with van der Waals surface area (Å²) in [6.45, 7) is 11.5. The van der Waals surface area contributed by atoms with Crippen molar-refractivity contribution in [1.29, 1.82) is 0 Å². The lowest BCUT2D eigenvalue weighted by Crippen LogP contribution is -2.45. The van der Waals surface area contributed by atoms with Crippen LogP contribution in [0.3, 0.4) is 0 Å². The van der Waals surface area contributed by atoms with E-state index in [-0.39, 0.29) is 24.2 Å². The van der Waals surface area contributed by atoms with E-state index < -0.39 is 6.10 Å². The summed E-state index contributed by atoms with van der Waals surface area (Å²) in [5, 5.41) is 14.2. The van der Waals surface area contributed by atoms with Gasteiger partial charge in [0.1, 0.15) is 0 Å². The van der Waals surface area contributed by atoms with Crippen LogP contribution in [0.5, 0.6) is 0 Å². The molecule has 2 N–H and O–H groups in total. The van der Waals surface area contributed by atoms with Crippen molar-refractivity contribution in [2.75, 3.05) is 19.8 Å². The average Bonchev–Trinajstić information content (AvgIpc) is 3.26. The molecule has 3 rings (SSSR count). The van der Waals surface area contributed by atoms with Gasteiger partial charge in [-0.05, 0) is 94.0 Å². The molecule has 0 saturated heterocycles. The number of esters is 1. The fourth-order valence-corrected chi connectivity index (χ4v) is 5.31. The molecule has 0 bridgehead atoms. The van der Waals surface area contributed by atoms with E-state index in [1.807, 2.05) is 26.0 Å². The van der Waals surface area contributed by atoms with E-state index in [4.69, 9.17) is 9.47 Å². The zero-order chi connectivity index (χ0) is 26.8. The van der Waals surface area contributed by atoms with E-state index >= 15 is 0 Å². The molecule has 1 aliphatic carbocycles. The highest BCUT2D eigenvalue weighted by molar-refractivity contribution is 5.69. The maximum absolute atomic E-state index is 11.6. The smallest absolute Gasteiger partial charge is 0.306 e. The molecule has 2 aromatic rings. The Kier molecular flexibility index (Phi) is 10.9. The number of β-amino-alcohol motifs (C(OH)–C–C–N with tert-alkyl or cyclic N) is 1. The summed E-state index contributed by atoms with van der Waals surface area (Å²) >= 11 is 0. The quantitative estimate of drug-likeness (QED) is 0.309. The number of nitrogens with one attached hydrogen (secondary N) is 1. The second-order valence-corrected chi connectivity index (χ2v) is 11.0. The first-order chi connectivity index (χ1) is 17.7. The molecule has 37 heavy (non-hydrogen) atoms. The summed E-state index contributed by atoms with van der Waals surface area (Å²) in [6.07, 6.45) is 7.68. The molecule has 2 atom stereocenters. The maximum Gasteiger partial charge on any atom is 0.306 e. The van der Waals surface area contributed by atoms with Crippen molar-refractivity contribution in [3.8, 4) is 0 Å². The van der Waals surface area contributed by atoms with Crippen LogP contribution in [0.2, 0.25) is 0 Å². The number of aliphatic hydroxyl groups excluding tert-OH is 1. The van der Waals surface area contributed by atoms with Crippen LogP contribution in [-0.2, 0) is 27.1 Å². The van der Waals surface area contributed by atoms with Crippen LogP contribution in [0.15, 0.2) is 48.5 Å². The molecule has 0 unspecified atom stereocenters. The number of hydrogen-bond acceptors (Lipinski definition) is 5. The molecular weight excluding hydrogens is 462 g/mol. The third-order valence-corrected chi connectivity index (χ3v) is 7.19. The minimum absolute atomic E-state index is 0.0582. The van der Waals surface area contributed by atoms with Gasteiger partial charge in [0, 0.05) is 18.5 Å². The highest BCUT2D eigenvalue weighted by atomic mass is 16.5. The van der Waals surface area contributed by atoms with Crippen molar-refractivity contribution < 1.29 is 19.4 Å². The predicted molar refractivity (Wildman–Crippen MR) is 150 cm³/mol. The van der Waals surface area contributed by atoms with E-state index in [9.17, 15) is 9.90 Å². The summed E-state index contributed by atoms with van der Waals surface area (Å²) in [5.41, 5.74) is 6.24. The Hall–Kier alpha value is -2.47. The maximum atomic E-state index is 11.6. The van der Waals surface area contributed by atoms with Gasteiger partial charge in [-0.2, -0.15) is 0 Å². The largest absolute Gasteiger partial charge is 0.466 e. The first kappa shape index (κ1) is 29.1. The Labute approximate surface area is 223 Å². The molecule has 0 spiro atoms. The standard InChI is InChI=1S/C32H45NO4/c1-6-36-31(35)17-10-9-15-29-23(2)12-11-16-30(29)24(3)37-22-28(34)21-33-32(4,5)20-25-18-26-13-7-8-14-27(26)19-25/h7-9,11-16,24-25,28,33-34H,6,10,17-22H2,1-5H3/b15-9+/t24-,28-/m1/s1. The van der Waals surface area contributed by atoms with Crippen molar-refractivity contribution in [2.24, 2.45) is 5.92 Å². The molecule has 0 saturated carbocycles. The minimum atomic E-state index is -0.587. The number of benzene rings is 2. The third kappa shape index (κ3) is 9.10. The van der Waals surface area contributed by atoms with E-state index in [1.54, 1.807) is 0 Å². The van der Waals surface area contributed by atoms with Crippen LogP contribution in [0.4, 0.5) is 0 Å². The van der Waals surface area contributed by atoms with Crippen LogP contribution < -0.4 is 5.32 Å². The van der Waals surface area contributed by atoms with Gasteiger partial charge in [0.25, 0.3) is 0 Å². The van der Waals surface area contributed by atoms with Crippen LogP contribution in [0, 0.1) is 12.8 Å². The average molecular weight is 508 g/mol. The third-order valence-electron chi connectivity index (χ3n) is 7.19. The molecule has 5 heteroatoms. The summed E-state index contributed by atoms with van der Waals surface area (Å²) in [6, 6.07) is 14.9. The normalized spacial score (nSPS) is 15.6. The molecule has 2 aromatic carbocycles. The topological polar surface area (TPSA) is 67.8 Å². The number of carbonyl (C=O) groups is 1. The Morgan fingerprint density at radius 3 is 2.54 bits per heavy atom. The number of rotatable bonds is 14. The molecular formula is C32H45NO4. The first-order valence-electron chi connectivity index (χ1n) is 13.7. The highest BCUT2D eigenvalue weighted by Gasteiger charge is 2.28. The van der Waals surface area contributed by atoms with Crippen LogP contribution >= 0.6 is 0 Å². The van der Waals surface area contributed by atoms with Crippen molar-refractivity contribution in [1.82, 2.24) is 5.32 Å². The molecule has 1 aliphatic rings. The molecule has 0 heterocycles. The second-order valence-electron chi connectivity index (χ2n) is 11.0. The number of fused-ring (bicyclic) bond motifs is 1. The number of allylic oxidation sites excluding steroid dienone is 1. The molecule has 0 aromatic heterocycles. The van der Waals surface area contributed by atoms with E-state index in [2.05, 4.69) is 68.6 Å². The Morgan fingerprint density at radius 2 is 1.86 bits per heavy atom. The second kappa shape index (κ2) is 13.9. The van der Waals surface area contributed by atoms with Gasteiger partial charge in [-0.3, -0.25) is 4.79 Å². The fourth-order valence-electron chi connectivity index (χ4n) is 5.31. The van der Waals surface area contributed by atoms with Gasteiger partial charge in [0.05, 0.1) is 25.4 Å². The summed E-state index contributed by atoms with van der Waals surface area (Å²) < 4.78 is 11.1. The fraction of sp³-hybridized carbons (Fsp3) is 0.531. The summed E-state index contributed by atoms with van der Waals surface area (Å²) in [7, 11) is 0. The van der Waals surface area contributed by atoms with E-state index in [0.29, 0.717) is 31.9 Å². The number of aliphatic hydroxyl groups is 1. The number of aryl methyl sites for hydroxylation is 1. The lowest BCUT2D eigenvalue weighted by atomic mass is 9.88. The highest BCUT2D eigenvalue weighted by Crippen LogP contribution is 2.32. The SMILES string of the molecule is CCOC(=O)CC/C=C/c1c(C)cccc1[C@@H](C)OC[C@H](O)CNC(C)(C)CC1Cc2ccccc2C1. The van der Waals surface area contributed by atoms with Gasteiger partial charge in [0.2, 0.25) is 0 Å². The molecule has 0 aliphatic heterocycles. The lowest BCUT2D eigenvalue weighted by Gasteiger charge is -2.31. The minimum Gasteiger partial charge on any atom is -0.466 e. The number of hydrogen-bond donors (Lipinski definition) is 2. The van der Waals surface area contributed by atoms with E-state index in [1.165, 1.54) is 11.1 Å². The van der Waals surface area contributed by atoms with Gasteiger partial charge in [-0.1, -0.05) is 54.6 Å². The van der Waals surface area contributed by atoms with Crippen molar-refractivity contribution in [2.45, 2.75) is 84.5 Å². The zero-order valence-electron chi connectivity index (χ0n) is 23.3. The lowest BCUT2D eigenvalue weighted by molar-refractivity contribution is -0.142. The molecule has 0 amide bonds. The van der Waals surface area contributed by atoms with Gasteiger partial charge in [-0.25, -0.2) is 0 Å². The first-order valence-corrected chi connectivity index (χ1v) is 13.7. The van der Waals surface area contributed by atoms with E-state index in [0.717, 1.165) is 36.0 Å². The van der Waals surface area contributed by atoms with Gasteiger partial charge >= 0.3 is 5.97 Å². The summed E-state index contributed by atoms with van der Waals surface area (Å²) in [4.78, 5) is 11.6. The predicted octanol–water partition coefficient (Wildman–Crippen LogP) is 5.96. The number of carbonyl (C=O) groups excluding carboxylic acids is 1. The molecule has 0 fully saturated rings. The monoisotopic (exact) mass is 507 g/mol. The van der Waals surface area contributed by atoms with Crippen molar-refractivity contribution in [3.63, 3.8) is 0 Å². The molecule has 5 nitrogen and oxygen atoms in total. The van der Waals surface area contributed by atoms with Crippen molar-refractivity contribution >= 4 is 12.0 Å². The van der Waals surface area contributed by atoms with Gasteiger partial charge in [-0.15, -0.1) is 0 Å². The van der Waals surface area contributed by atoms with Crippen molar-refractivity contribution in [3.05, 3.63) is 76.4 Å². The number of ether oxygens (including phenoxy) is 2. The van der Waals surface area contributed by atoms with Crippen LogP contribution in [0.25, 0.3) is 6.08 Å². The Balaban J connectivity index is 1.46. The van der Waals surface area contributed by atoms with Crippen LogP contribution in [-0.4, -0.2) is 42.5 Å². The van der Waals surface area contributed by atoms with Gasteiger partial charge < -0.3 is 19.9 Å². The van der Waals surface area contributed by atoms with Gasteiger partial charge in [0.15, 0.2) is 0 Å². The zero-order valence-corrected chi connectivity index (χ0v) is 23.3. The Bertz CT molecular complexity index is 1020. The van der Waals surface area contributed by atoms with Crippen LogP contribution in [0.1, 0.15) is 80.9 Å². The summed E-state index contributed by atoms with van der Waals surface area (Å²) in [5.74, 6) is 0.464.